The summed E-state index contributed by atoms with van der Waals surface area (Å²) in [6.07, 6.45) is 0.758. The Hall–Kier alpha value is -2.73. The Balaban J connectivity index is 1.56. The number of hydrogen-bond acceptors (Lipinski definition) is 4. The topological polar surface area (TPSA) is 62.8 Å². The predicted octanol–water partition coefficient (Wildman–Crippen LogP) is 2.95. The molecule has 2 aromatic rings. The number of likely N-dealkylation sites (N-methyl/N-ethyl adjacent to an activating group) is 1. The van der Waals surface area contributed by atoms with Crippen molar-refractivity contribution in [2.75, 3.05) is 27.4 Å². The van der Waals surface area contributed by atoms with Crippen LogP contribution in [0, 0.1) is 0 Å². The molecule has 0 fully saturated rings. The SMILES string of the molecule is C[C@H](NC(=O)NC[C@H](Cc1cccc2c1OCO2)N(C)C)c1ccccc1. The van der Waals surface area contributed by atoms with E-state index in [0.29, 0.717) is 6.54 Å². The summed E-state index contributed by atoms with van der Waals surface area (Å²) in [5, 5.41) is 5.97. The number of nitrogens with zero attached hydrogens (tertiary/aromatic N) is 1. The minimum Gasteiger partial charge on any atom is -0.454 e. The fourth-order valence-electron chi connectivity index (χ4n) is 3.13. The van der Waals surface area contributed by atoms with Crippen molar-refractivity contribution in [3.63, 3.8) is 0 Å². The number of nitrogens with one attached hydrogen (secondary N) is 2. The van der Waals surface area contributed by atoms with Gasteiger partial charge >= 0.3 is 6.03 Å². The average Bonchev–Trinajstić information content (AvgIpc) is 3.15. The maximum atomic E-state index is 12.3. The van der Waals surface area contributed by atoms with Crippen molar-refractivity contribution >= 4 is 6.03 Å². The van der Waals surface area contributed by atoms with Crippen molar-refractivity contribution in [2.45, 2.75) is 25.4 Å². The molecule has 6 nitrogen and oxygen atoms in total. The van der Waals surface area contributed by atoms with Gasteiger partial charge in [-0.3, -0.25) is 0 Å². The van der Waals surface area contributed by atoms with Gasteiger partial charge in [0, 0.05) is 12.6 Å². The molecule has 3 rings (SSSR count). The molecule has 144 valence electrons. The highest BCUT2D eigenvalue weighted by molar-refractivity contribution is 5.74. The van der Waals surface area contributed by atoms with Crippen LogP contribution in [0.2, 0.25) is 0 Å². The summed E-state index contributed by atoms with van der Waals surface area (Å²) >= 11 is 0. The Morgan fingerprint density at radius 1 is 1.11 bits per heavy atom. The Morgan fingerprint density at radius 3 is 2.63 bits per heavy atom. The van der Waals surface area contributed by atoms with E-state index < -0.39 is 0 Å². The Labute approximate surface area is 160 Å². The second-order valence-electron chi connectivity index (χ2n) is 6.96. The first-order valence-corrected chi connectivity index (χ1v) is 9.18. The van der Waals surface area contributed by atoms with Gasteiger partial charge in [0.15, 0.2) is 11.5 Å². The van der Waals surface area contributed by atoms with Gasteiger partial charge in [0.1, 0.15) is 0 Å². The summed E-state index contributed by atoms with van der Waals surface area (Å²) in [7, 11) is 4.02. The smallest absolute Gasteiger partial charge is 0.315 e. The minimum atomic E-state index is -0.170. The predicted molar refractivity (Wildman–Crippen MR) is 105 cm³/mol. The first-order valence-electron chi connectivity index (χ1n) is 9.18. The molecule has 6 heteroatoms. The molecule has 2 aromatic carbocycles. The van der Waals surface area contributed by atoms with Crippen molar-refractivity contribution in [1.29, 1.82) is 0 Å². The van der Waals surface area contributed by atoms with Crippen molar-refractivity contribution in [3.8, 4) is 11.5 Å². The van der Waals surface area contributed by atoms with Crippen LogP contribution in [0.3, 0.4) is 0 Å². The van der Waals surface area contributed by atoms with Gasteiger partial charge in [-0.05, 0) is 44.6 Å². The fraction of sp³-hybridized carbons (Fsp3) is 0.381. The van der Waals surface area contributed by atoms with Crippen LogP contribution in [0.1, 0.15) is 24.1 Å². The summed E-state index contributed by atoms with van der Waals surface area (Å²) in [5.41, 5.74) is 2.16. The molecule has 0 aromatic heterocycles. The van der Waals surface area contributed by atoms with E-state index in [1.165, 1.54) is 0 Å². The number of rotatable bonds is 7. The zero-order chi connectivity index (χ0) is 19.2. The van der Waals surface area contributed by atoms with E-state index in [1.54, 1.807) is 0 Å². The minimum absolute atomic E-state index is 0.0491. The van der Waals surface area contributed by atoms with Gasteiger partial charge in [-0.1, -0.05) is 42.5 Å². The number of urea groups is 1. The first kappa shape index (κ1) is 19.0. The summed E-state index contributed by atoms with van der Waals surface area (Å²) in [6, 6.07) is 15.8. The van der Waals surface area contributed by atoms with Crippen molar-refractivity contribution < 1.29 is 14.3 Å². The number of benzene rings is 2. The van der Waals surface area contributed by atoms with Crippen molar-refractivity contribution in [2.24, 2.45) is 0 Å². The van der Waals surface area contributed by atoms with E-state index in [0.717, 1.165) is 29.0 Å². The normalized spacial score (nSPS) is 14.7. The molecule has 0 aliphatic carbocycles. The van der Waals surface area contributed by atoms with Gasteiger partial charge in [0.2, 0.25) is 6.79 Å². The van der Waals surface area contributed by atoms with Crippen molar-refractivity contribution in [1.82, 2.24) is 15.5 Å². The van der Waals surface area contributed by atoms with Crippen LogP contribution in [-0.2, 0) is 6.42 Å². The van der Waals surface area contributed by atoms with E-state index in [-0.39, 0.29) is 24.9 Å². The highest BCUT2D eigenvalue weighted by Crippen LogP contribution is 2.36. The number of carbonyl (C=O) groups is 1. The standard InChI is InChI=1S/C21H27N3O3/c1-15(16-8-5-4-6-9-16)23-21(25)22-13-18(24(2)3)12-17-10-7-11-19-20(17)27-14-26-19/h4-11,15,18H,12-14H2,1-3H3,(H2,22,23,25)/t15-,18-/m0/s1. The second kappa shape index (κ2) is 8.77. The number of hydrogen-bond donors (Lipinski definition) is 2. The highest BCUT2D eigenvalue weighted by atomic mass is 16.7. The number of amides is 2. The van der Waals surface area contributed by atoms with Gasteiger partial charge in [0.05, 0.1) is 6.04 Å². The van der Waals surface area contributed by atoms with Crippen LogP contribution in [0.15, 0.2) is 48.5 Å². The quantitative estimate of drug-likeness (QED) is 0.788. The molecule has 0 radical (unpaired) electrons. The molecule has 2 N–H and O–H groups in total. The highest BCUT2D eigenvalue weighted by Gasteiger charge is 2.21. The van der Waals surface area contributed by atoms with E-state index in [1.807, 2.05) is 69.6 Å². The molecule has 0 spiro atoms. The van der Waals surface area contributed by atoms with Crippen LogP contribution in [0.5, 0.6) is 11.5 Å². The van der Waals surface area contributed by atoms with E-state index in [9.17, 15) is 4.79 Å². The van der Waals surface area contributed by atoms with Gasteiger partial charge in [-0.15, -0.1) is 0 Å². The fourth-order valence-corrected chi connectivity index (χ4v) is 3.13. The molecule has 27 heavy (non-hydrogen) atoms. The second-order valence-corrected chi connectivity index (χ2v) is 6.96. The van der Waals surface area contributed by atoms with Gasteiger partial charge in [-0.25, -0.2) is 4.79 Å². The number of para-hydroxylation sites is 1. The Morgan fingerprint density at radius 2 is 1.89 bits per heavy atom. The number of carbonyl (C=O) groups excluding carboxylic acids is 1. The molecule has 0 saturated carbocycles. The van der Waals surface area contributed by atoms with Crippen LogP contribution in [0.25, 0.3) is 0 Å². The van der Waals surface area contributed by atoms with Gasteiger partial charge in [-0.2, -0.15) is 0 Å². The molecule has 0 saturated heterocycles. The van der Waals surface area contributed by atoms with Crippen LogP contribution in [-0.4, -0.2) is 44.4 Å². The van der Waals surface area contributed by atoms with Gasteiger partial charge in [0.25, 0.3) is 0 Å². The first-order chi connectivity index (χ1) is 13.0. The third-order valence-corrected chi connectivity index (χ3v) is 4.81. The summed E-state index contributed by atoms with van der Waals surface area (Å²) < 4.78 is 11.0. The molecular formula is C21H27N3O3. The average molecular weight is 369 g/mol. The van der Waals surface area contributed by atoms with Crippen LogP contribution in [0.4, 0.5) is 4.79 Å². The molecule has 2 atom stereocenters. The molecule has 1 heterocycles. The lowest BCUT2D eigenvalue weighted by Gasteiger charge is -2.25. The maximum absolute atomic E-state index is 12.3. The third kappa shape index (κ3) is 4.92. The monoisotopic (exact) mass is 369 g/mol. The molecular weight excluding hydrogens is 342 g/mol. The Bertz CT molecular complexity index is 765. The summed E-state index contributed by atoms with van der Waals surface area (Å²) in [6.45, 7) is 2.77. The number of fused-ring (bicyclic) bond motifs is 1. The zero-order valence-electron chi connectivity index (χ0n) is 16.1. The lowest BCUT2D eigenvalue weighted by Crippen LogP contribution is -2.45. The molecule has 2 amide bonds. The van der Waals surface area contributed by atoms with E-state index in [2.05, 4.69) is 15.5 Å². The maximum Gasteiger partial charge on any atom is 0.315 e. The third-order valence-electron chi connectivity index (χ3n) is 4.81. The summed E-state index contributed by atoms with van der Waals surface area (Å²) in [4.78, 5) is 14.4. The van der Waals surface area contributed by atoms with E-state index >= 15 is 0 Å². The molecule has 0 bridgehead atoms. The summed E-state index contributed by atoms with van der Waals surface area (Å²) in [5.74, 6) is 1.60. The van der Waals surface area contributed by atoms with Crippen LogP contribution >= 0.6 is 0 Å². The van der Waals surface area contributed by atoms with E-state index in [4.69, 9.17) is 9.47 Å². The van der Waals surface area contributed by atoms with Gasteiger partial charge < -0.3 is 25.0 Å². The zero-order valence-corrected chi connectivity index (χ0v) is 16.1. The molecule has 0 unspecified atom stereocenters. The molecule has 1 aliphatic heterocycles. The Kier molecular flexibility index (Phi) is 6.19. The lowest BCUT2D eigenvalue weighted by atomic mass is 10.0. The lowest BCUT2D eigenvalue weighted by molar-refractivity contribution is 0.172. The van der Waals surface area contributed by atoms with Crippen molar-refractivity contribution in [3.05, 3.63) is 59.7 Å². The number of ether oxygens (including phenoxy) is 2. The van der Waals surface area contributed by atoms with Crippen LogP contribution < -0.4 is 20.1 Å². The molecule has 1 aliphatic rings. The largest absolute Gasteiger partial charge is 0.454 e.